The minimum absolute atomic E-state index is 0.0466. The molecule has 0 bridgehead atoms. The van der Waals surface area contributed by atoms with E-state index in [1.165, 1.54) is 28.0 Å². The van der Waals surface area contributed by atoms with Crippen LogP contribution in [0.3, 0.4) is 0 Å². The van der Waals surface area contributed by atoms with Crippen LogP contribution in [0, 0.1) is 12.5 Å². The van der Waals surface area contributed by atoms with Crippen molar-refractivity contribution in [1.82, 2.24) is 15.1 Å². The first-order valence-corrected chi connectivity index (χ1v) is 14.3. The lowest BCUT2D eigenvalue weighted by Gasteiger charge is -2.35. The second-order valence-electron chi connectivity index (χ2n) is 11.0. The van der Waals surface area contributed by atoms with Gasteiger partial charge in [0, 0.05) is 24.3 Å². The lowest BCUT2D eigenvalue weighted by Crippen LogP contribution is -2.56. The van der Waals surface area contributed by atoms with E-state index in [9.17, 15) is 19.2 Å². The summed E-state index contributed by atoms with van der Waals surface area (Å²) in [4.78, 5) is 60.6. The summed E-state index contributed by atoms with van der Waals surface area (Å²) in [6, 6.07) is 9.93. The number of hydrogen-bond acceptors (Lipinski definition) is 4. The molecule has 0 unspecified atom stereocenters. The first kappa shape index (κ1) is 30.4. The molecule has 1 fully saturated rings. The Bertz CT molecular complexity index is 1420. The summed E-state index contributed by atoms with van der Waals surface area (Å²) >= 11 is 12.0. The van der Waals surface area contributed by atoms with E-state index in [2.05, 4.69) is 15.5 Å². The van der Waals surface area contributed by atoms with Gasteiger partial charge in [-0.15, -0.1) is 0 Å². The number of nitrogens with zero attached hydrogens (tertiary/aromatic N) is 3. The Hall–Kier alpha value is -3.61. The van der Waals surface area contributed by atoms with Crippen molar-refractivity contribution in [2.24, 2.45) is 5.92 Å². The monoisotopic (exact) mass is 597 g/mol. The van der Waals surface area contributed by atoms with Gasteiger partial charge in [-0.2, -0.15) is 0 Å². The minimum atomic E-state index is -1.02. The standard InChI is InChI=1S/C30H33Cl2N5O4/c1-6-36(27(39)18(4)34-26(38)19-11-12-21(31)22(32)14-19)24(13-17(2)3)28(40)37-16-30(15-25(37)33-5)20-9-7-8-10-23(20)35-29(30)41/h7-12,14,17-18,24-25H,6,13,15-16H2,1-4H3,(H,34,38)(H,35,41)/t18-,24-,25-,30-/m0/s1. The molecule has 216 valence electrons. The third-order valence-corrected chi connectivity index (χ3v) is 8.51. The van der Waals surface area contributed by atoms with Gasteiger partial charge in [0.15, 0.2) is 0 Å². The number of benzene rings is 2. The van der Waals surface area contributed by atoms with E-state index in [1.807, 2.05) is 38.1 Å². The van der Waals surface area contributed by atoms with Gasteiger partial charge in [0.1, 0.15) is 17.5 Å². The van der Waals surface area contributed by atoms with Crippen molar-refractivity contribution in [2.75, 3.05) is 18.4 Å². The highest BCUT2D eigenvalue weighted by Crippen LogP contribution is 2.47. The lowest BCUT2D eigenvalue weighted by atomic mass is 9.80. The Morgan fingerprint density at radius 2 is 1.88 bits per heavy atom. The summed E-state index contributed by atoms with van der Waals surface area (Å²) < 4.78 is 0. The molecule has 4 amide bonds. The van der Waals surface area contributed by atoms with Crippen LogP contribution in [-0.4, -0.2) is 64.8 Å². The van der Waals surface area contributed by atoms with Gasteiger partial charge in [-0.1, -0.05) is 55.2 Å². The molecular formula is C30H33Cl2N5O4. The third kappa shape index (κ3) is 5.77. The average molecular weight is 599 g/mol. The van der Waals surface area contributed by atoms with Crippen LogP contribution in [0.4, 0.5) is 5.69 Å². The maximum atomic E-state index is 14.2. The molecule has 0 radical (unpaired) electrons. The van der Waals surface area contributed by atoms with Crippen molar-refractivity contribution in [3.8, 4) is 0 Å². The molecule has 4 atom stereocenters. The van der Waals surface area contributed by atoms with Gasteiger partial charge in [-0.05, 0) is 56.0 Å². The zero-order chi connectivity index (χ0) is 30.1. The molecule has 1 saturated heterocycles. The Kier molecular flexibility index (Phi) is 8.95. The summed E-state index contributed by atoms with van der Waals surface area (Å²) in [5.41, 5.74) is 0.684. The fourth-order valence-corrected chi connectivity index (χ4v) is 6.01. The predicted molar refractivity (Wildman–Crippen MR) is 157 cm³/mol. The van der Waals surface area contributed by atoms with Gasteiger partial charge >= 0.3 is 6.17 Å². The van der Waals surface area contributed by atoms with Crippen LogP contribution < -0.4 is 10.6 Å². The molecule has 2 heterocycles. The summed E-state index contributed by atoms with van der Waals surface area (Å²) in [7, 11) is 0. The summed E-state index contributed by atoms with van der Waals surface area (Å²) in [5.74, 6) is -1.51. The molecule has 4 rings (SSSR count). The van der Waals surface area contributed by atoms with Crippen molar-refractivity contribution in [1.29, 1.82) is 0 Å². The van der Waals surface area contributed by atoms with Crippen LogP contribution in [0.2, 0.25) is 10.0 Å². The maximum absolute atomic E-state index is 14.2. The number of likely N-dealkylation sites (tertiary alicyclic amines) is 1. The van der Waals surface area contributed by atoms with Gasteiger partial charge in [-0.3, -0.25) is 28.9 Å². The van der Waals surface area contributed by atoms with E-state index in [0.29, 0.717) is 17.1 Å². The van der Waals surface area contributed by atoms with E-state index < -0.39 is 35.5 Å². The van der Waals surface area contributed by atoms with Crippen LogP contribution in [0.15, 0.2) is 42.5 Å². The molecule has 41 heavy (non-hydrogen) atoms. The van der Waals surface area contributed by atoms with Crippen molar-refractivity contribution >= 4 is 52.5 Å². The number of rotatable bonds is 8. The normalized spacial score (nSPS) is 20.8. The van der Waals surface area contributed by atoms with Crippen LogP contribution in [-0.2, 0) is 19.8 Å². The third-order valence-electron chi connectivity index (χ3n) is 7.77. The summed E-state index contributed by atoms with van der Waals surface area (Å²) in [5, 5.41) is 6.11. The smallest absolute Gasteiger partial charge is 0.302 e. The fraction of sp³-hybridized carbons (Fsp3) is 0.433. The summed E-state index contributed by atoms with van der Waals surface area (Å²) in [6.45, 7) is 15.3. The number of para-hydroxylation sites is 1. The highest BCUT2D eigenvalue weighted by Gasteiger charge is 2.59. The summed E-state index contributed by atoms with van der Waals surface area (Å²) in [6.07, 6.45) is -0.326. The topological polar surface area (TPSA) is 103 Å². The number of likely N-dealkylation sites (N-methyl/N-ethyl adjacent to an activating group) is 1. The van der Waals surface area contributed by atoms with Gasteiger partial charge in [0.25, 0.3) is 11.8 Å². The average Bonchev–Trinajstić information content (AvgIpc) is 3.47. The van der Waals surface area contributed by atoms with Gasteiger partial charge in [-0.25, -0.2) is 6.57 Å². The van der Waals surface area contributed by atoms with E-state index in [1.54, 1.807) is 13.8 Å². The van der Waals surface area contributed by atoms with E-state index >= 15 is 0 Å². The zero-order valence-electron chi connectivity index (χ0n) is 23.4. The highest BCUT2D eigenvalue weighted by atomic mass is 35.5. The van der Waals surface area contributed by atoms with Crippen molar-refractivity contribution in [3.05, 3.63) is 75.1 Å². The van der Waals surface area contributed by atoms with E-state index in [-0.39, 0.29) is 47.8 Å². The molecule has 2 aliphatic heterocycles. The predicted octanol–water partition coefficient (Wildman–Crippen LogP) is 4.74. The SMILES string of the molecule is [C-]#[N+][C@@H]1C[C@@]2(CN1C(=O)[C@H](CC(C)C)N(CC)C(=O)[C@H](C)NC(=O)c1ccc(Cl)c(Cl)c1)C(=O)Nc1ccccc12. The van der Waals surface area contributed by atoms with E-state index in [0.717, 1.165) is 5.56 Å². The van der Waals surface area contributed by atoms with Crippen molar-refractivity contribution in [2.45, 2.75) is 64.2 Å². The quantitative estimate of drug-likeness (QED) is 0.429. The number of fused-ring (bicyclic) bond motifs is 2. The van der Waals surface area contributed by atoms with E-state index in [4.69, 9.17) is 29.8 Å². The second-order valence-corrected chi connectivity index (χ2v) is 11.8. The zero-order valence-corrected chi connectivity index (χ0v) is 24.9. The molecule has 0 aromatic heterocycles. The Labute approximate surface area is 250 Å². The molecule has 2 aromatic carbocycles. The van der Waals surface area contributed by atoms with Crippen molar-refractivity contribution < 1.29 is 19.2 Å². The molecule has 1 spiro atoms. The maximum Gasteiger partial charge on any atom is 0.302 e. The second kappa shape index (κ2) is 12.1. The molecule has 0 aliphatic carbocycles. The van der Waals surface area contributed by atoms with Crippen LogP contribution >= 0.6 is 23.2 Å². The number of nitrogens with one attached hydrogen (secondary N) is 2. The molecule has 9 nitrogen and oxygen atoms in total. The number of carbonyl (C=O) groups excluding carboxylic acids is 4. The first-order chi connectivity index (χ1) is 19.4. The number of anilines is 1. The molecule has 11 heteroatoms. The molecule has 0 saturated carbocycles. The number of hydrogen-bond donors (Lipinski definition) is 2. The molecule has 2 aromatic rings. The first-order valence-electron chi connectivity index (χ1n) is 13.6. The van der Waals surface area contributed by atoms with Crippen LogP contribution in [0.1, 0.15) is 56.5 Å². The molecule has 2 N–H and O–H groups in total. The van der Waals surface area contributed by atoms with Crippen molar-refractivity contribution in [3.63, 3.8) is 0 Å². The Morgan fingerprint density at radius 3 is 2.51 bits per heavy atom. The Morgan fingerprint density at radius 1 is 1.17 bits per heavy atom. The van der Waals surface area contributed by atoms with Crippen LogP contribution in [0.5, 0.6) is 0 Å². The molecular weight excluding hydrogens is 565 g/mol. The largest absolute Gasteiger partial charge is 0.341 e. The Balaban J connectivity index is 1.58. The number of carbonyl (C=O) groups is 4. The van der Waals surface area contributed by atoms with Gasteiger partial charge in [0.2, 0.25) is 11.8 Å². The molecule has 2 aliphatic rings. The van der Waals surface area contributed by atoms with Gasteiger partial charge in [0.05, 0.1) is 16.5 Å². The number of halogens is 2. The van der Waals surface area contributed by atoms with Crippen LogP contribution in [0.25, 0.3) is 4.85 Å². The minimum Gasteiger partial charge on any atom is -0.341 e. The van der Waals surface area contributed by atoms with Gasteiger partial charge < -0.3 is 15.5 Å². The fourth-order valence-electron chi connectivity index (χ4n) is 5.71. The lowest BCUT2D eigenvalue weighted by molar-refractivity contribution is -0.147. The number of amides is 4. The highest BCUT2D eigenvalue weighted by molar-refractivity contribution is 6.42.